The maximum atomic E-state index is 5.35. The minimum absolute atomic E-state index is 0.447. The third kappa shape index (κ3) is 2.26. The second kappa shape index (κ2) is 4.15. The lowest BCUT2D eigenvalue weighted by Gasteiger charge is -2.18. The van der Waals surface area contributed by atoms with Gasteiger partial charge in [-0.25, -0.2) is 0 Å². The molecule has 0 aromatic heterocycles. The van der Waals surface area contributed by atoms with Crippen molar-refractivity contribution in [2.24, 2.45) is 0 Å². The first kappa shape index (κ1) is 7.39. The second-order valence-electron chi connectivity index (χ2n) is 2.57. The van der Waals surface area contributed by atoms with E-state index in [9.17, 15) is 0 Å². The van der Waals surface area contributed by atoms with Crippen molar-refractivity contribution < 1.29 is 4.74 Å². The van der Waals surface area contributed by atoms with E-state index in [1.165, 1.54) is 12.8 Å². The molecule has 1 heterocycles. The van der Waals surface area contributed by atoms with Crippen LogP contribution < -0.4 is 0 Å². The molecule has 0 radical (unpaired) electrons. The molecule has 0 saturated carbocycles. The van der Waals surface area contributed by atoms with Crippen LogP contribution in [0.1, 0.15) is 25.7 Å². The van der Waals surface area contributed by atoms with Crippen molar-refractivity contribution in [1.82, 2.24) is 0 Å². The van der Waals surface area contributed by atoms with E-state index in [2.05, 4.69) is 12.7 Å². The molecule has 1 unspecified atom stereocenters. The average molecular weight is 138 g/mol. The van der Waals surface area contributed by atoms with Gasteiger partial charge in [0.25, 0.3) is 0 Å². The van der Waals surface area contributed by atoms with Crippen LogP contribution in [-0.4, -0.2) is 6.10 Å². The predicted octanol–water partition coefficient (Wildman–Crippen LogP) is 2.65. The normalized spacial score (nSPS) is 23.8. The summed E-state index contributed by atoms with van der Waals surface area (Å²) in [6.07, 6.45) is 10.8. The lowest BCUT2D eigenvalue weighted by atomic mass is 10.1. The van der Waals surface area contributed by atoms with Gasteiger partial charge in [0.15, 0.2) is 0 Å². The van der Waals surface area contributed by atoms with Gasteiger partial charge in [0, 0.05) is 0 Å². The van der Waals surface area contributed by atoms with E-state index in [4.69, 9.17) is 4.74 Å². The topological polar surface area (TPSA) is 9.23 Å². The van der Waals surface area contributed by atoms with Crippen LogP contribution in [0.3, 0.4) is 0 Å². The Morgan fingerprint density at radius 2 is 2.60 bits per heavy atom. The standard InChI is InChI=1S/C9H14O/c1-2-3-6-9-7-4-5-8-10-9/h2,5,8-9H,1,3-4,6-7H2. The lowest BCUT2D eigenvalue weighted by Crippen LogP contribution is -2.11. The molecule has 56 valence electrons. The van der Waals surface area contributed by atoms with Crippen LogP contribution in [-0.2, 0) is 4.74 Å². The Hall–Kier alpha value is -0.720. The highest BCUT2D eigenvalue weighted by Crippen LogP contribution is 2.14. The third-order valence-corrected chi connectivity index (χ3v) is 1.72. The molecular formula is C9H14O. The molecular weight excluding hydrogens is 124 g/mol. The van der Waals surface area contributed by atoms with Gasteiger partial charge in [-0.3, -0.25) is 0 Å². The van der Waals surface area contributed by atoms with Gasteiger partial charge in [-0.2, -0.15) is 0 Å². The Morgan fingerprint density at radius 1 is 1.70 bits per heavy atom. The van der Waals surface area contributed by atoms with Gasteiger partial charge in [-0.05, 0) is 31.8 Å². The largest absolute Gasteiger partial charge is 0.498 e. The van der Waals surface area contributed by atoms with E-state index in [1.54, 1.807) is 0 Å². The zero-order chi connectivity index (χ0) is 7.23. The summed E-state index contributed by atoms with van der Waals surface area (Å²) in [7, 11) is 0. The van der Waals surface area contributed by atoms with Crippen LogP contribution in [0.15, 0.2) is 25.0 Å². The molecule has 0 saturated heterocycles. The zero-order valence-electron chi connectivity index (χ0n) is 6.25. The fraction of sp³-hybridized carbons (Fsp3) is 0.556. The maximum absolute atomic E-state index is 5.35. The smallest absolute Gasteiger partial charge is 0.0984 e. The molecule has 0 amide bonds. The van der Waals surface area contributed by atoms with Gasteiger partial charge in [0.2, 0.25) is 0 Å². The summed E-state index contributed by atoms with van der Waals surface area (Å²) in [5, 5.41) is 0. The molecule has 0 aromatic rings. The predicted molar refractivity (Wildman–Crippen MR) is 42.7 cm³/mol. The van der Waals surface area contributed by atoms with Crippen LogP contribution in [0.4, 0.5) is 0 Å². The van der Waals surface area contributed by atoms with Gasteiger partial charge in [0.1, 0.15) is 0 Å². The molecule has 0 aliphatic carbocycles. The number of hydrogen-bond acceptors (Lipinski definition) is 1. The summed E-state index contributed by atoms with van der Waals surface area (Å²) in [6.45, 7) is 3.67. The van der Waals surface area contributed by atoms with Crippen LogP contribution in [0.25, 0.3) is 0 Å². The van der Waals surface area contributed by atoms with Gasteiger partial charge in [-0.1, -0.05) is 6.08 Å². The Morgan fingerprint density at radius 3 is 3.20 bits per heavy atom. The molecule has 0 N–H and O–H groups in total. The van der Waals surface area contributed by atoms with Crippen LogP contribution in [0.2, 0.25) is 0 Å². The minimum atomic E-state index is 0.447. The van der Waals surface area contributed by atoms with E-state index in [1.807, 2.05) is 12.3 Å². The van der Waals surface area contributed by atoms with E-state index in [0.717, 1.165) is 12.8 Å². The van der Waals surface area contributed by atoms with E-state index >= 15 is 0 Å². The van der Waals surface area contributed by atoms with E-state index in [0.29, 0.717) is 6.10 Å². The molecule has 0 fully saturated rings. The molecule has 0 bridgehead atoms. The first-order chi connectivity index (χ1) is 4.93. The third-order valence-electron chi connectivity index (χ3n) is 1.72. The summed E-state index contributed by atoms with van der Waals surface area (Å²) in [6, 6.07) is 0. The van der Waals surface area contributed by atoms with Gasteiger partial charge in [-0.15, -0.1) is 6.58 Å². The van der Waals surface area contributed by atoms with E-state index < -0.39 is 0 Å². The summed E-state index contributed by atoms with van der Waals surface area (Å²) < 4.78 is 5.35. The second-order valence-corrected chi connectivity index (χ2v) is 2.57. The summed E-state index contributed by atoms with van der Waals surface area (Å²) in [5.74, 6) is 0. The fourth-order valence-corrected chi connectivity index (χ4v) is 1.10. The molecule has 1 heteroatoms. The molecule has 1 rings (SSSR count). The van der Waals surface area contributed by atoms with Gasteiger partial charge in [0.05, 0.1) is 12.4 Å². The Balaban J connectivity index is 2.15. The van der Waals surface area contributed by atoms with Crippen LogP contribution in [0, 0.1) is 0 Å². The molecule has 1 nitrogen and oxygen atoms in total. The SMILES string of the molecule is C=CCCC1CCC=CO1. The van der Waals surface area contributed by atoms with E-state index in [-0.39, 0.29) is 0 Å². The first-order valence-electron chi connectivity index (χ1n) is 3.85. The number of hydrogen-bond donors (Lipinski definition) is 0. The van der Waals surface area contributed by atoms with Crippen molar-refractivity contribution in [3.8, 4) is 0 Å². The van der Waals surface area contributed by atoms with Crippen molar-refractivity contribution in [2.45, 2.75) is 31.8 Å². The van der Waals surface area contributed by atoms with Crippen molar-refractivity contribution >= 4 is 0 Å². The van der Waals surface area contributed by atoms with Gasteiger partial charge < -0.3 is 4.74 Å². The molecule has 0 aromatic carbocycles. The summed E-state index contributed by atoms with van der Waals surface area (Å²) >= 11 is 0. The Labute approximate surface area is 62.4 Å². The first-order valence-corrected chi connectivity index (χ1v) is 3.85. The van der Waals surface area contributed by atoms with Crippen LogP contribution in [0.5, 0.6) is 0 Å². The van der Waals surface area contributed by atoms with Crippen molar-refractivity contribution in [2.75, 3.05) is 0 Å². The Kier molecular flexibility index (Phi) is 3.07. The molecule has 10 heavy (non-hydrogen) atoms. The number of rotatable bonds is 3. The monoisotopic (exact) mass is 138 g/mol. The molecule has 0 spiro atoms. The highest BCUT2D eigenvalue weighted by atomic mass is 16.5. The zero-order valence-corrected chi connectivity index (χ0v) is 6.25. The number of allylic oxidation sites excluding steroid dienone is 2. The fourth-order valence-electron chi connectivity index (χ4n) is 1.10. The highest BCUT2D eigenvalue weighted by Gasteiger charge is 2.08. The molecule has 1 aliphatic heterocycles. The van der Waals surface area contributed by atoms with Crippen molar-refractivity contribution in [1.29, 1.82) is 0 Å². The molecule has 1 atom stereocenters. The molecule has 1 aliphatic rings. The average Bonchev–Trinajstić information content (AvgIpc) is 2.03. The lowest BCUT2D eigenvalue weighted by molar-refractivity contribution is 0.117. The Bertz CT molecular complexity index is 127. The van der Waals surface area contributed by atoms with Crippen molar-refractivity contribution in [3.05, 3.63) is 25.0 Å². The highest BCUT2D eigenvalue weighted by molar-refractivity contribution is 4.83. The van der Waals surface area contributed by atoms with Crippen molar-refractivity contribution in [3.63, 3.8) is 0 Å². The quantitative estimate of drug-likeness (QED) is 0.545. The minimum Gasteiger partial charge on any atom is -0.498 e. The summed E-state index contributed by atoms with van der Waals surface area (Å²) in [4.78, 5) is 0. The maximum Gasteiger partial charge on any atom is 0.0984 e. The van der Waals surface area contributed by atoms with Crippen LogP contribution >= 0.6 is 0 Å². The van der Waals surface area contributed by atoms with Gasteiger partial charge >= 0.3 is 0 Å². The number of ether oxygens (including phenoxy) is 1. The summed E-state index contributed by atoms with van der Waals surface area (Å²) in [5.41, 5.74) is 0.